The number of ketones is 2. The second-order valence-electron chi connectivity index (χ2n) is 3.75. The highest BCUT2D eigenvalue weighted by Gasteiger charge is 2.28. The average Bonchev–Trinajstić information content (AvgIpc) is 2.79. The van der Waals surface area contributed by atoms with Crippen LogP contribution in [0.3, 0.4) is 0 Å². The lowest BCUT2D eigenvalue weighted by molar-refractivity contribution is 0.0979. The zero-order chi connectivity index (χ0) is 21.1. The molecule has 1 aliphatic carbocycles. The van der Waals surface area contributed by atoms with Gasteiger partial charge < -0.3 is 0 Å². The molecule has 0 aliphatic heterocycles. The molecule has 0 spiro atoms. The standard InChI is InChI=1S/C14H8O2.5C2H6/c15-13-9-5-1-2-6-10(9)14(16)12-8-4-3-7-11(12)13;5*1-2/h1-8H;5*1-2H3. The smallest absolute Gasteiger partial charge is 0.194 e. The van der Waals surface area contributed by atoms with Crippen LogP contribution in [0.5, 0.6) is 0 Å². The molecule has 3 rings (SSSR count). The van der Waals surface area contributed by atoms with Crippen molar-refractivity contribution < 1.29 is 9.59 Å². The summed E-state index contributed by atoms with van der Waals surface area (Å²) in [6, 6.07) is 13.9. The van der Waals surface area contributed by atoms with E-state index in [9.17, 15) is 9.59 Å². The van der Waals surface area contributed by atoms with Crippen LogP contribution in [0.15, 0.2) is 48.5 Å². The van der Waals surface area contributed by atoms with Crippen molar-refractivity contribution in [2.24, 2.45) is 0 Å². The molecule has 0 saturated carbocycles. The molecular weight excluding hydrogens is 320 g/mol. The average molecular weight is 359 g/mol. The fraction of sp³-hybridized carbons (Fsp3) is 0.417. The Morgan fingerprint density at radius 2 is 0.538 bits per heavy atom. The van der Waals surface area contributed by atoms with Gasteiger partial charge in [0.05, 0.1) is 0 Å². The normalized spacial score (nSPS) is 9.31. The highest BCUT2D eigenvalue weighted by Crippen LogP contribution is 2.26. The molecule has 0 N–H and O–H groups in total. The zero-order valence-corrected chi connectivity index (χ0v) is 18.4. The van der Waals surface area contributed by atoms with E-state index in [1.54, 1.807) is 48.5 Å². The van der Waals surface area contributed by atoms with E-state index in [-0.39, 0.29) is 11.6 Å². The molecule has 1 aliphatic rings. The van der Waals surface area contributed by atoms with E-state index >= 15 is 0 Å². The first-order valence-corrected chi connectivity index (χ1v) is 10.1. The van der Waals surface area contributed by atoms with Crippen LogP contribution in [0, 0.1) is 0 Å². The van der Waals surface area contributed by atoms with Gasteiger partial charge in [-0.25, -0.2) is 0 Å². The molecular formula is C24H38O2. The van der Waals surface area contributed by atoms with Gasteiger partial charge in [-0.1, -0.05) is 118 Å². The number of carbonyl (C=O) groups is 2. The fourth-order valence-electron chi connectivity index (χ4n) is 2.05. The Morgan fingerprint density at radius 3 is 0.692 bits per heavy atom. The summed E-state index contributed by atoms with van der Waals surface area (Å²) in [6.07, 6.45) is 0. The Morgan fingerprint density at radius 1 is 0.385 bits per heavy atom. The van der Waals surface area contributed by atoms with E-state index in [0.717, 1.165) is 0 Å². The maximum Gasteiger partial charge on any atom is 0.194 e. The summed E-state index contributed by atoms with van der Waals surface area (Å²) in [5.74, 6) is -0.128. The number of hydrogen-bond acceptors (Lipinski definition) is 2. The quantitative estimate of drug-likeness (QED) is 0.415. The van der Waals surface area contributed by atoms with Crippen molar-refractivity contribution in [3.63, 3.8) is 0 Å². The van der Waals surface area contributed by atoms with E-state index < -0.39 is 0 Å². The van der Waals surface area contributed by atoms with Crippen molar-refractivity contribution in [2.45, 2.75) is 69.2 Å². The van der Waals surface area contributed by atoms with E-state index in [4.69, 9.17) is 0 Å². The molecule has 0 unspecified atom stereocenters. The van der Waals surface area contributed by atoms with Crippen LogP contribution in [-0.2, 0) is 0 Å². The first-order valence-electron chi connectivity index (χ1n) is 10.1. The van der Waals surface area contributed by atoms with Crippen LogP contribution in [0.4, 0.5) is 0 Å². The zero-order valence-electron chi connectivity index (χ0n) is 18.4. The molecule has 0 fully saturated rings. The summed E-state index contributed by atoms with van der Waals surface area (Å²) < 4.78 is 0. The van der Waals surface area contributed by atoms with Crippen molar-refractivity contribution in [3.05, 3.63) is 70.8 Å². The Labute approximate surface area is 161 Å². The van der Waals surface area contributed by atoms with Gasteiger partial charge in [-0.3, -0.25) is 9.59 Å². The van der Waals surface area contributed by atoms with Gasteiger partial charge in [0.15, 0.2) is 11.6 Å². The second-order valence-corrected chi connectivity index (χ2v) is 3.75. The molecule has 0 amide bonds. The number of benzene rings is 2. The third-order valence-corrected chi connectivity index (χ3v) is 2.83. The molecule has 2 aromatic carbocycles. The van der Waals surface area contributed by atoms with Gasteiger partial charge in [-0.2, -0.15) is 0 Å². The van der Waals surface area contributed by atoms with E-state index in [2.05, 4.69) is 0 Å². The molecule has 2 aromatic rings. The van der Waals surface area contributed by atoms with E-state index in [1.807, 2.05) is 69.2 Å². The summed E-state index contributed by atoms with van der Waals surface area (Å²) in [7, 11) is 0. The fourth-order valence-corrected chi connectivity index (χ4v) is 2.05. The number of rotatable bonds is 0. The minimum Gasteiger partial charge on any atom is -0.289 e. The number of hydrogen-bond donors (Lipinski definition) is 0. The minimum absolute atomic E-state index is 0.0641. The predicted octanol–water partition coefficient (Wildman–Crippen LogP) is 7.59. The molecule has 0 heterocycles. The Bertz CT molecular complexity index is 508. The SMILES string of the molecule is CC.CC.CC.CC.CC.O=C1c2ccccc2C(=O)c2ccccc21. The molecule has 146 valence electrons. The summed E-state index contributed by atoms with van der Waals surface area (Å²) >= 11 is 0. The maximum atomic E-state index is 12.1. The van der Waals surface area contributed by atoms with Crippen molar-refractivity contribution in [1.82, 2.24) is 0 Å². The van der Waals surface area contributed by atoms with Crippen LogP contribution in [0.25, 0.3) is 0 Å². The maximum absolute atomic E-state index is 12.1. The van der Waals surface area contributed by atoms with Crippen molar-refractivity contribution in [1.29, 1.82) is 0 Å². The number of carbonyl (C=O) groups excluding carboxylic acids is 2. The van der Waals surface area contributed by atoms with Crippen molar-refractivity contribution >= 4 is 11.6 Å². The monoisotopic (exact) mass is 358 g/mol. The highest BCUT2D eigenvalue weighted by molar-refractivity contribution is 6.28. The van der Waals surface area contributed by atoms with Crippen LogP contribution in [0.1, 0.15) is 101 Å². The lowest BCUT2D eigenvalue weighted by Crippen LogP contribution is -2.20. The molecule has 0 saturated heterocycles. The Hall–Kier alpha value is -2.22. The Kier molecular flexibility index (Phi) is 21.0. The summed E-state index contributed by atoms with van der Waals surface area (Å²) in [6.45, 7) is 20.0. The highest BCUT2D eigenvalue weighted by atomic mass is 16.1. The topological polar surface area (TPSA) is 34.1 Å². The van der Waals surface area contributed by atoms with Crippen molar-refractivity contribution in [2.75, 3.05) is 0 Å². The summed E-state index contributed by atoms with van der Waals surface area (Å²) in [5, 5.41) is 0. The first kappa shape index (κ1) is 28.6. The van der Waals surface area contributed by atoms with E-state index in [1.165, 1.54) is 0 Å². The lowest BCUT2D eigenvalue weighted by Gasteiger charge is -2.16. The molecule has 0 atom stereocenters. The minimum atomic E-state index is -0.0641. The molecule has 2 heteroatoms. The first-order chi connectivity index (χ1) is 12.8. The van der Waals surface area contributed by atoms with Crippen LogP contribution >= 0.6 is 0 Å². The molecule has 0 bridgehead atoms. The largest absolute Gasteiger partial charge is 0.289 e. The third-order valence-electron chi connectivity index (χ3n) is 2.83. The number of fused-ring (bicyclic) bond motifs is 2. The van der Waals surface area contributed by atoms with Gasteiger partial charge in [0.1, 0.15) is 0 Å². The van der Waals surface area contributed by atoms with Crippen LogP contribution < -0.4 is 0 Å². The Balaban J connectivity index is -0.000000462. The lowest BCUT2D eigenvalue weighted by atomic mass is 9.84. The van der Waals surface area contributed by atoms with Gasteiger partial charge in [0, 0.05) is 22.3 Å². The molecule has 0 radical (unpaired) electrons. The van der Waals surface area contributed by atoms with Gasteiger partial charge in [-0.05, 0) is 0 Å². The summed E-state index contributed by atoms with van der Waals surface area (Å²) in [4.78, 5) is 24.2. The third kappa shape index (κ3) is 7.35. The van der Waals surface area contributed by atoms with Gasteiger partial charge in [-0.15, -0.1) is 0 Å². The van der Waals surface area contributed by atoms with Gasteiger partial charge in [0.2, 0.25) is 0 Å². The predicted molar refractivity (Wildman–Crippen MR) is 116 cm³/mol. The van der Waals surface area contributed by atoms with Gasteiger partial charge >= 0.3 is 0 Å². The molecule has 2 nitrogen and oxygen atoms in total. The van der Waals surface area contributed by atoms with Crippen molar-refractivity contribution in [3.8, 4) is 0 Å². The second kappa shape index (κ2) is 19.1. The molecule has 26 heavy (non-hydrogen) atoms. The summed E-state index contributed by atoms with van der Waals surface area (Å²) in [5.41, 5.74) is 2.02. The van der Waals surface area contributed by atoms with Crippen LogP contribution in [0.2, 0.25) is 0 Å². The van der Waals surface area contributed by atoms with Gasteiger partial charge in [0.25, 0.3) is 0 Å². The van der Waals surface area contributed by atoms with E-state index in [0.29, 0.717) is 22.3 Å². The van der Waals surface area contributed by atoms with Crippen LogP contribution in [-0.4, -0.2) is 11.6 Å². The molecule has 0 aromatic heterocycles.